The molecule has 6 nitrogen and oxygen atoms in total. The molecule has 2 fully saturated rings. The second-order valence-electron chi connectivity index (χ2n) is 4.59. The minimum Gasteiger partial charge on any atom is -0.338 e. The molecule has 1 unspecified atom stereocenters. The van der Waals surface area contributed by atoms with Gasteiger partial charge in [0.2, 0.25) is 17.7 Å². The van der Waals surface area contributed by atoms with Gasteiger partial charge in [0.05, 0.1) is 6.07 Å². The van der Waals surface area contributed by atoms with Crippen molar-refractivity contribution < 1.29 is 14.4 Å². The maximum atomic E-state index is 11.6. The van der Waals surface area contributed by atoms with Crippen LogP contribution in [0.5, 0.6) is 0 Å². The quantitative estimate of drug-likeness (QED) is 0.650. The Balaban J connectivity index is 1.85. The van der Waals surface area contributed by atoms with E-state index in [2.05, 4.69) is 16.7 Å². The maximum Gasteiger partial charge on any atom is 0.230 e. The number of hydrogen-bond donors (Lipinski definition) is 2. The summed E-state index contributed by atoms with van der Waals surface area (Å²) >= 11 is 0. The number of nitrogens with one attached hydrogen (secondary N) is 2. The summed E-state index contributed by atoms with van der Waals surface area (Å²) < 4.78 is 0. The number of nitriles is 1. The van der Waals surface area contributed by atoms with Gasteiger partial charge in [-0.05, 0) is 19.3 Å². The highest BCUT2D eigenvalue weighted by molar-refractivity contribution is 6.00. The summed E-state index contributed by atoms with van der Waals surface area (Å²) in [6.07, 6.45) is 2.06. The molecule has 1 aliphatic heterocycles. The van der Waals surface area contributed by atoms with Crippen molar-refractivity contribution in [1.29, 1.82) is 5.26 Å². The van der Waals surface area contributed by atoms with Crippen molar-refractivity contribution in [3.8, 4) is 6.07 Å². The average molecular weight is 235 g/mol. The van der Waals surface area contributed by atoms with E-state index in [1.807, 2.05) is 0 Å². The number of hydrogen-bond acceptors (Lipinski definition) is 4. The van der Waals surface area contributed by atoms with Crippen LogP contribution in [0.15, 0.2) is 0 Å². The zero-order valence-corrected chi connectivity index (χ0v) is 9.28. The molecule has 1 saturated heterocycles. The standard InChI is InChI=1S/C11H13N3O3/c12-6-11(3-4-11)14-9(16)5-7-1-2-8(15)13-10(7)17/h7H,1-5H2,(H,14,16)(H,13,15,17). The first-order valence-corrected chi connectivity index (χ1v) is 5.61. The van der Waals surface area contributed by atoms with E-state index in [-0.39, 0.29) is 24.7 Å². The summed E-state index contributed by atoms with van der Waals surface area (Å²) in [4.78, 5) is 34.0. The van der Waals surface area contributed by atoms with E-state index in [1.165, 1.54) is 0 Å². The number of amides is 3. The van der Waals surface area contributed by atoms with E-state index in [9.17, 15) is 14.4 Å². The molecular formula is C11H13N3O3. The first kappa shape index (κ1) is 11.6. The van der Waals surface area contributed by atoms with Gasteiger partial charge in [-0.1, -0.05) is 0 Å². The van der Waals surface area contributed by atoms with E-state index in [4.69, 9.17) is 5.26 Å². The fraction of sp³-hybridized carbons (Fsp3) is 0.636. The smallest absolute Gasteiger partial charge is 0.230 e. The Morgan fingerprint density at radius 1 is 1.53 bits per heavy atom. The minimum absolute atomic E-state index is 0.0442. The molecule has 0 bridgehead atoms. The molecule has 2 N–H and O–H groups in total. The van der Waals surface area contributed by atoms with Crippen LogP contribution in [0.25, 0.3) is 0 Å². The van der Waals surface area contributed by atoms with Crippen molar-refractivity contribution in [2.75, 3.05) is 0 Å². The van der Waals surface area contributed by atoms with Crippen LogP contribution < -0.4 is 10.6 Å². The lowest BCUT2D eigenvalue weighted by Crippen LogP contribution is -2.44. The van der Waals surface area contributed by atoms with Crippen LogP contribution in [0.2, 0.25) is 0 Å². The van der Waals surface area contributed by atoms with Crippen molar-refractivity contribution in [1.82, 2.24) is 10.6 Å². The molecule has 0 radical (unpaired) electrons. The van der Waals surface area contributed by atoms with Crippen molar-refractivity contribution in [3.63, 3.8) is 0 Å². The summed E-state index contributed by atoms with van der Waals surface area (Å²) in [7, 11) is 0. The molecule has 1 aliphatic carbocycles. The van der Waals surface area contributed by atoms with Crippen LogP contribution in [0, 0.1) is 17.2 Å². The van der Waals surface area contributed by atoms with E-state index < -0.39 is 17.4 Å². The maximum absolute atomic E-state index is 11.6. The predicted molar refractivity (Wildman–Crippen MR) is 56.2 cm³/mol. The topological polar surface area (TPSA) is 99.1 Å². The monoisotopic (exact) mass is 235 g/mol. The molecule has 2 aliphatic rings. The Labute approximate surface area is 98.4 Å². The molecule has 1 heterocycles. The van der Waals surface area contributed by atoms with Crippen LogP contribution in [-0.4, -0.2) is 23.3 Å². The van der Waals surface area contributed by atoms with Gasteiger partial charge in [-0.15, -0.1) is 0 Å². The Kier molecular flexibility index (Phi) is 2.84. The second-order valence-corrected chi connectivity index (χ2v) is 4.59. The first-order valence-electron chi connectivity index (χ1n) is 5.61. The molecular weight excluding hydrogens is 222 g/mol. The van der Waals surface area contributed by atoms with Gasteiger partial charge in [0, 0.05) is 18.8 Å². The molecule has 0 aromatic rings. The lowest BCUT2D eigenvalue weighted by molar-refractivity contribution is -0.139. The van der Waals surface area contributed by atoms with Gasteiger partial charge in [-0.25, -0.2) is 0 Å². The highest BCUT2D eigenvalue weighted by Crippen LogP contribution is 2.34. The van der Waals surface area contributed by atoms with Gasteiger partial charge in [-0.3, -0.25) is 19.7 Å². The van der Waals surface area contributed by atoms with E-state index in [0.29, 0.717) is 19.3 Å². The van der Waals surface area contributed by atoms with Crippen molar-refractivity contribution in [3.05, 3.63) is 0 Å². The lowest BCUT2D eigenvalue weighted by Gasteiger charge is -2.20. The Hall–Kier alpha value is -1.90. The summed E-state index contributed by atoms with van der Waals surface area (Å²) in [5.74, 6) is -1.43. The fourth-order valence-electron chi connectivity index (χ4n) is 1.86. The van der Waals surface area contributed by atoms with Gasteiger partial charge in [-0.2, -0.15) is 5.26 Å². The fourth-order valence-corrected chi connectivity index (χ4v) is 1.86. The predicted octanol–water partition coefficient (Wildman–Crippen LogP) is -0.398. The third-order valence-electron chi connectivity index (χ3n) is 3.13. The molecule has 17 heavy (non-hydrogen) atoms. The molecule has 90 valence electrons. The van der Waals surface area contributed by atoms with Gasteiger partial charge in [0.1, 0.15) is 5.54 Å². The van der Waals surface area contributed by atoms with Gasteiger partial charge >= 0.3 is 0 Å². The SMILES string of the molecule is N#CC1(NC(=O)CC2CCC(=O)NC2=O)CC1. The Bertz CT molecular complexity index is 420. The molecule has 1 atom stereocenters. The largest absolute Gasteiger partial charge is 0.338 e. The molecule has 2 rings (SSSR count). The van der Waals surface area contributed by atoms with Crippen LogP contribution in [-0.2, 0) is 14.4 Å². The number of nitrogens with zero attached hydrogens (tertiary/aromatic N) is 1. The number of rotatable bonds is 3. The van der Waals surface area contributed by atoms with E-state index in [0.717, 1.165) is 0 Å². The van der Waals surface area contributed by atoms with Gasteiger partial charge in [0.25, 0.3) is 0 Å². The number of imide groups is 1. The van der Waals surface area contributed by atoms with Crippen molar-refractivity contribution in [2.24, 2.45) is 5.92 Å². The summed E-state index contributed by atoms with van der Waals surface area (Å²) in [6, 6.07) is 2.05. The van der Waals surface area contributed by atoms with Crippen LogP contribution in [0.1, 0.15) is 32.1 Å². The normalized spacial score (nSPS) is 25.7. The molecule has 0 aromatic carbocycles. The van der Waals surface area contributed by atoms with Crippen LogP contribution in [0.4, 0.5) is 0 Å². The molecule has 6 heteroatoms. The summed E-state index contributed by atoms with van der Waals surface area (Å²) in [5, 5.41) is 13.6. The van der Waals surface area contributed by atoms with Gasteiger partial charge in [0.15, 0.2) is 0 Å². The summed E-state index contributed by atoms with van der Waals surface area (Å²) in [6.45, 7) is 0. The Morgan fingerprint density at radius 2 is 2.24 bits per heavy atom. The van der Waals surface area contributed by atoms with Crippen molar-refractivity contribution in [2.45, 2.75) is 37.6 Å². The second kappa shape index (κ2) is 4.17. The average Bonchev–Trinajstić information content (AvgIpc) is 3.03. The number of carbonyl (C=O) groups excluding carboxylic acids is 3. The third kappa shape index (κ3) is 2.61. The minimum atomic E-state index is -0.696. The van der Waals surface area contributed by atoms with Crippen molar-refractivity contribution >= 4 is 17.7 Å². The zero-order valence-electron chi connectivity index (χ0n) is 9.28. The summed E-state index contributed by atoms with van der Waals surface area (Å²) in [5.41, 5.74) is -0.696. The lowest BCUT2D eigenvalue weighted by atomic mass is 9.94. The van der Waals surface area contributed by atoms with Crippen LogP contribution in [0.3, 0.4) is 0 Å². The molecule has 1 saturated carbocycles. The number of piperidine rings is 1. The highest BCUT2D eigenvalue weighted by atomic mass is 16.2. The molecule has 3 amide bonds. The molecule has 0 aromatic heterocycles. The van der Waals surface area contributed by atoms with E-state index >= 15 is 0 Å². The van der Waals surface area contributed by atoms with E-state index in [1.54, 1.807) is 0 Å². The Morgan fingerprint density at radius 3 is 2.76 bits per heavy atom. The van der Waals surface area contributed by atoms with Crippen LogP contribution >= 0.6 is 0 Å². The molecule has 0 spiro atoms. The highest BCUT2D eigenvalue weighted by Gasteiger charge is 2.45. The van der Waals surface area contributed by atoms with Gasteiger partial charge < -0.3 is 5.32 Å². The first-order chi connectivity index (χ1) is 8.04. The third-order valence-corrected chi connectivity index (χ3v) is 3.13. The zero-order chi connectivity index (χ0) is 12.5. The number of carbonyl (C=O) groups is 3.